The SMILES string of the molecule is CC(=O)Cc1ccc(-c2nc3cnc(C)nc3n2C)c(Cl)c1. The summed E-state index contributed by atoms with van der Waals surface area (Å²) >= 11 is 6.38. The summed E-state index contributed by atoms with van der Waals surface area (Å²) in [6.07, 6.45) is 2.09. The third-order valence-electron chi connectivity index (χ3n) is 3.46. The Kier molecular flexibility index (Phi) is 3.66. The van der Waals surface area contributed by atoms with Crippen LogP contribution in [0.25, 0.3) is 22.6 Å². The second kappa shape index (κ2) is 5.50. The molecule has 22 heavy (non-hydrogen) atoms. The molecule has 3 aromatic rings. The molecule has 0 bridgehead atoms. The monoisotopic (exact) mass is 314 g/mol. The number of hydrogen-bond donors (Lipinski definition) is 0. The van der Waals surface area contributed by atoms with E-state index in [9.17, 15) is 4.79 Å². The Morgan fingerprint density at radius 3 is 2.77 bits per heavy atom. The summed E-state index contributed by atoms with van der Waals surface area (Å²) in [6, 6.07) is 5.61. The van der Waals surface area contributed by atoms with E-state index in [0.717, 1.165) is 28.1 Å². The maximum Gasteiger partial charge on any atom is 0.163 e. The molecular formula is C16H15ClN4O. The first kappa shape index (κ1) is 14.7. The number of aromatic nitrogens is 4. The van der Waals surface area contributed by atoms with Crippen LogP contribution in [0.3, 0.4) is 0 Å². The first-order chi connectivity index (χ1) is 10.5. The van der Waals surface area contributed by atoms with Crippen LogP contribution in [0.1, 0.15) is 18.3 Å². The molecule has 0 fully saturated rings. The number of imidazole rings is 1. The Morgan fingerprint density at radius 1 is 1.32 bits per heavy atom. The van der Waals surface area contributed by atoms with Crippen LogP contribution < -0.4 is 0 Å². The lowest BCUT2D eigenvalue weighted by Crippen LogP contribution is -1.98. The molecular weight excluding hydrogens is 300 g/mol. The number of carbonyl (C=O) groups is 1. The van der Waals surface area contributed by atoms with Crippen molar-refractivity contribution in [1.82, 2.24) is 19.5 Å². The normalized spacial score (nSPS) is 11.1. The zero-order chi connectivity index (χ0) is 15.9. The fraction of sp³-hybridized carbons (Fsp3) is 0.250. The average Bonchev–Trinajstić information content (AvgIpc) is 2.75. The van der Waals surface area contributed by atoms with Gasteiger partial charge >= 0.3 is 0 Å². The van der Waals surface area contributed by atoms with Crippen molar-refractivity contribution < 1.29 is 4.79 Å². The number of ketones is 1. The molecule has 2 heterocycles. The standard InChI is InChI=1S/C16H15ClN4O/c1-9(22)6-11-4-5-12(13(17)7-11)15-20-14-8-18-10(2)19-16(14)21(15)3/h4-5,7-8H,6H2,1-3H3. The maximum absolute atomic E-state index is 11.2. The number of halogens is 1. The van der Waals surface area contributed by atoms with E-state index in [-0.39, 0.29) is 5.78 Å². The van der Waals surface area contributed by atoms with E-state index in [1.165, 1.54) is 0 Å². The number of rotatable bonds is 3. The average molecular weight is 315 g/mol. The van der Waals surface area contributed by atoms with Crippen molar-refractivity contribution >= 4 is 28.5 Å². The first-order valence-corrected chi connectivity index (χ1v) is 7.28. The van der Waals surface area contributed by atoms with Crippen molar-refractivity contribution in [3.8, 4) is 11.4 Å². The fourth-order valence-corrected chi connectivity index (χ4v) is 2.73. The highest BCUT2D eigenvalue weighted by Crippen LogP contribution is 2.29. The highest BCUT2D eigenvalue weighted by Gasteiger charge is 2.14. The van der Waals surface area contributed by atoms with Gasteiger partial charge in [-0.25, -0.2) is 15.0 Å². The van der Waals surface area contributed by atoms with Crippen LogP contribution in [0.5, 0.6) is 0 Å². The van der Waals surface area contributed by atoms with Gasteiger partial charge in [0.25, 0.3) is 0 Å². The summed E-state index contributed by atoms with van der Waals surface area (Å²) in [5, 5.41) is 0.571. The van der Waals surface area contributed by atoms with Gasteiger partial charge in [0.2, 0.25) is 0 Å². The summed E-state index contributed by atoms with van der Waals surface area (Å²) in [5.74, 6) is 1.54. The quantitative estimate of drug-likeness (QED) is 0.745. The third-order valence-corrected chi connectivity index (χ3v) is 3.77. The molecule has 0 atom stereocenters. The number of carbonyl (C=O) groups excluding carboxylic acids is 1. The van der Waals surface area contributed by atoms with Crippen molar-refractivity contribution in [1.29, 1.82) is 0 Å². The van der Waals surface area contributed by atoms with E-state index < -0.39 is 0 Å². The zero-order valence-electron chi connectivity index (χ0n) is 12.6. The Balaban J connectivity index is 2.11. The molecule has 1 aromatic carbocycles. The summed E-state index contributed by atoms with van der Waals surface area (Å²) in [7, 11) is 1.90. The van der Waals surface area contributed by atoms with E-state index in [1.807, 2.05) is 36.7 Å². The van der Waals surface area contributed by atoms with Crippen LogP contribution in [-0.4, -0.2) is 25.3 Å². The topological polar surface area (TPSA) is 60.7 Å². The van der Waals surface area contributed by atoms with Gasteiger partial charge in [0.15, 0.2) is 5.65 Å². The van der Waals surface area contributed by atoms with Crippen molar-refractivity contribution in [2.24, 2.45) is 7.05 Å². The Hall–Kier alpha value is -2.27. The molecule has 0 saturated carbocycles. The lowest BCUT2D eigenvalue weighted by Gasteiger charge is -2.06. The molecule has 0 unspecified atom stereocenters. The van der Waals surface area contributed by atoms with Gasteiger partial charge in [0.1, 0.15) is 22.9 Å². The van der Waals surface area contributed by atoms with Gasteiger partial charge in [-0.05, 0) is 31.5 Å². The molecule has 5 nitrogen and oxygen atoms in total. The van der Waals surface area contributed by atoms with Gasteiger partial charge in [-0.3, -0.25) is 4.79 Å². The maximum atomic E-state index is 11.2. The molecule has 112 valence electrons. The summed E-state index contributed by atoms with van der Waals surface area (Å²) in [6.45, 7) is 3.41. The van der Waals surface area contributed by atoms with E-state index in [2.05, 4.69) is 15.0 Å². The fourth-order valence-electron chi connectivity index (χ4n) is 2.45. The Morgan fingerprint density at radius 2 is 2.09 bits per heavy atom. The zero-order valence-corrected chi connectivity index (χ0v) is 13.3. The predicted molar refractivity (Wildman–Crippen MR) is 85.9 cm³/mol. The third kappa shape index (κ3) is 2.60. The van der Waals surface area contributed by atoms with Crippen molar-refractivity contribution in [3.05, 3.63) is 40.8 Å². The smallest absolute Gasteiger partial charge is 0.163 e. The summed E-state index contributed by atoms with van der Waals surface area (Å²) < 4.78 is 1.90. The number of fused-ring (bicyclic) bond motifs is 1. The number of aryl methyl sites for hydroxylation is 2. The van der Waals surface area contributed by atoms with Crippen molar-refractivity contribution in [2.75, 3.05) is 0 Å². The van der Waals surface area contributed by atoms with Crippen LogP contribution in [0.4, 0.5) is 0 Å². The predicted octanol–water partition coefficient (Wildman–Crippen LogP) is 3.12. The number of nitrogens with zero attached hydrogens (tertiary/aromatic N) is 4. The minimum absolute atomic E-state index is 0.109. The summed E-state index contributed by atoms with van der Waals surface area (Å²) in [4.78, 5) is 24.3. The van der Waals surface area contributed by atoms with Crippen LogP contribution >= 0.6 is 11.6 Å². The van der Waals surface area contributed by atoms with Crippen molar-refractivity contribution in [3.63, 3.8) is 0 Å². The minimum Gasteiger partial charge on any atom is -0.312 e. The lowest BCUT2D eigenvalue weighted by atomic mass is 10.1. The van der Waals surface area contributed by atoms with Crippen LogP contribution in [0, 0.1) is 6.92 Å². The van der Waals surface area contributed by atoms with E-state index >= 15 is 0 Å². The van der Waals surface area contributed by atoms with Crippen molar-refractivity contribution in [2.45, 2.75) is 20.3 Å². The molecule has 2 aromatic heterocycles. The molecule has 3 rings (SSSR count). The molecule has 0 aliphatic heterocycles. The molecule has 0 aliphatic rings. The molecule has 0 saturated heterocycles. The second-order valence-electron chi connectivity index (χ2n) is 5.31. The van der Waals surface area contributed by atoms with Crippen LogP contribution in [0.2, 0.25) is 5.02 Å². The van der Waals surface area contributed by atoms with Gasteiger partial charge in [-0.1, -0.05) is 17.7 Å². The molecule has 0 spiro atoms. The highest BCUT2D eigenvalue weighted by molar-refractivity contribution is 6.33. The highest BCUT2D eigenvalue weighted by atomic mass is 35.5. The van der Waals surface area contributed by atoms with Gasteiger partial charge in [-0.2, -0.15) is 0 Å². The number of benzene rings is 1. The molecule has 0 aliphatic carbocycles. The molecule has 0 N–H and O–H groups in total. The summed E-state index contributed by atoms with van der Waals surface area (Å²) in [5.41, 5.74) is 3.21. The van der Waals surface area contributed by atoms with Gasteiger partial charge in [-0.15, -0.1) is 0 Å². The van der Waals surface area contributed by atoms with Gasteiger partial charge in [0, 0.05) is 19.0 Å². The van der Waals surface area contributed by atoms with Crippen LogP contribution in [0.15, 0.2) is 24.4 Å². The van der Waals surface area contributed by atoms with E-state index in [4.69, 9.17) is 11.6 Å². The van der Waals surface area contributed by atoms with Gasteiger partial charge < -0.3 is 4.57 Å². The molecule has 0 amide bonds. The lowest BCUT2D eigenvalue weighted by molar-refractivity contribution is -0.116. The van der Waals surface area contributed by atoms with Crippen LogP contribution in [-0.2, 0) is 18.3 Å². The largest absolute Gasteiger partial charge is 0.312 e. The second-order valence-corrected chi connectivity index (χ2v) is 5.72. The van der Waals surface area contributed by atoms with E-state index in [0.29, 0.717) is 17.3 Å². The number of Topliss-reactive ketones (excluding diaryl/α,β-unsaturated/α-hetero) is 1. The Bertz CT molecular complexity index is 885. The first-order valence-electron chi connectivity index (χ1n) is 6.90. The molecule has 6 heteroatoms. The Labute approximate surface area is 133 Å². The van der Waals surface area contributed by atoms with Gasteiger partial charge in [0.05, 0.1) is 11.2 Å². The number of hydrogen-bond acceptors (Lipinski definition) is 4. The molecule has 0 radical (unpaired) electrons. The minimum atomic E-state index is 0.109. The van der Waals surface area contributed by atoms with E-state index in [1.54, 1.807) is 13.1 Å².